The molecule has 0 nitrogen and oxygen atoms in total. The molecule has 0 aromatic heterocycles. The summed E-state index contributed by atoms with van der Waals surface area (Å²) in [5.74, 6) is -1.18. The van der Waals surface area contributed by atoms with Crippen LogP contribution < -0.4 is 0 Å². The summed E-state index contributed by atoms with van der Waals surface area (Å²) in [4.78, 5) is 0. The van der Waals surface area contributed by atoms with Gasteiger partial charge in [-0.15, -0.1) is 0 Å². The van der Waals surface area contributed by atoms with Crippen LogP contribution in [0.15, 0.2) is 18.2 Å². The van der Waals surface area contributed by atoms with Gasteiger partial charge < -0.3 is 0 Å². The van der Waals surface area contributed by atoms with Crippen molar-refractivity contribution in [3.05, 3.63) is 41.0 Å². The monoisotopic (exact) mass is 304 g/mol. The van der Waals surface area contributed by atoms with Crippen LogP contribution in [0.2, 0.25) is 0 Å². The van der Waals surface area contributed by atoms with Gasteiger partial charge in [0, 0.05) is 11.6 Å². The van der Waals surface area contributed by atoms with Crippen LogP contribution in [-0.4, -0.2) is 6.18 Å². The van der Waals surface area contributed by atoms with Crippen LogP contribution in [0.5, 0.6) is 0 Å². The molecule has 0 amide bonds. The third-order valence-corrected chi connectivity index (χ3v) is 4.03. The number of halogens is 5. The summed E-state index contributed by atoms with van der Waals surface area (Å²) in [6.07, 6.45) is -0.576. The molecule has 2 rings (SSSR count). The molecule has 1 fully saturated rings. The fourth-order valence-corrected chi connectivity index (χ4v) is 2.77. The maximum Gasteiger partial charge on any atom is 0.409 e. The zero-order valence-corrected chi connectivity index (χ0v) is 11.7. The van der Waals surface area contributed by atoms with Crippen LogP contribution in [0, 0.1) is 17.6 Å². The minimum atomic E-state index is -4.59. The van der Waals surface area contributed by atoms with Crippen LogP contribution in [0.1, 0.15) is 49.7 Å². The lowest BCUT2D eigenvalue weighted by Gasteiger charge is -2.26. The molecule has 116 valence electrons. The van der Waals surface area contributed by atoms with Crippen LogP contribution >= 0.6 is 0 Å². The van der Waals surface area contributed by atoms with Gasteiger partial charge in [0.05, 0.1) is 0 Å². The highest BCUT2D eigenvalue weighted by Gasteiger charge is 2.24. The molecular formula is C16H17F5. The molecule has 0 aliphatic heterocycles. The van der Waals surface area contributed by atoms with E-state index >= 15 is 0 Å². The van der Waals surface area contributed by atoms with Crippen LogP contribution in [-0.2, 0) is 0 Å². The van der Waals surface area contributed by atoms with E-state index in [0.717, 1.165) is 25.7 Å². The first-order valence-electron chi connectivity index (χ1n) is 7.01. The molecule has 0 spiro atoms. The highest BCUT2D eigenvalue weighted by atomic mass is 19.4. The molecule has 0 atom stereocenters. The van der Waals surface area contributed by atoms with Crippen LogP contribution in [0.4, 0.5) is 22.0 Å². The van der Waals surface area contributed by atoms with Gasteiger partial charge in [0.2, 0.25) is 0 Å². The van der Waals surface area contributed by atoms with E-state index in [1.807, 2.05) is 0 Å². The Bertz CT molecular complexity index is 499. The van der Waals surface area contributed by atoms with Gasteiger partial charge in [-0.3, -0.25) is 0 Å². The lowest BCUT2D eigenvalue weighted by Crippen LogP contribution is -2.11. The topological polar surface area (TPSA) is 0 Å². The van der Waals surface area contributed by atoms with Crippen LogP contribution in [0.3, 0.4) is 0 Å². The van der Waals surface area contributed by atoms with Gasteiger partial charge in [-0.2, -0.15) is 13.2 Å². The Morgan fingerprint density at radius 3 is 2.00 bits per heavy atom. The Morgan fingerprint density at radius 1 is 1.00 bits per heavy atom. The lowest BCUT2D eigenvalue weighted by molar-refractivity contribution is -0.0790. The largest absolute Gasteiger partial charge is 0.409 e. The summed E-state index contributed by atoms with van der Waals surface area (Å²) in [5, 5.41) is 0. The molecule has 1 aromatic rings. The summed E-state index contributed by atoms with van der Waals surface area (Å²) < 4.78 is 64.0. The molecule has 1 aliphatic rings. The number of allylic oxidation sites excluding steroid dienone is 1. The van der Waals surface area contributed by atoms with E-state index in [9.17, 15) is 22.0 Å². The van der Waals surface area contributed by atoms with E-state index in [1.165, 1.54) is 12.1 Å². The Morgan fingerprint density at radius 2 is 1.52 bits per heavy atom. The maximum atomic E-state index is 13.9. The first-order valence-corrected chi connectivity index (χ1v) is 7.01. The molecule has 0 N–H and O–H groups in total. The second-order valence-corrected chi connectivity index (χ2v) is 5.73. The van der Waals surface area contributed by atoms with Crippen molar-refractivity contribution in [3.63, 3.8) is 0 Å². The molecule has 0 unspecified atom stereocenters. The first kappa shape index (κ1) is 16.0. The van der Waals surface area contributed by atoms with Crippen molar-refractivity contribution < 1.29 is 22.0 Å². The molecule has 0 heterocycles. The minimum Gasteiger partial charge on any atom is -0.206 e. The van der Waals surface area contributed by atoms with Crippen molar-refractivity contribution >= 4 is 6.08 Å². The average molecular weight is 304 g/mol. The number of hydrogen-bond donors (Lipinski definition) is 0. The molecule has 5 heteroatoms. The second-order valence-electron chi connectivity index (χ2n) is 5.73. The summed E-state index contributed by atoms with van der Waals surface area (Å²) in [6, 6.07) is 2.33. The van der Waals surface area contributed by atoms with Gasteiger partial charge >= 0.3 is 6.18 Å². The zero-order valence-electron chi connectivity index (χ0n) is 11.7. The average Bonchev–Trinajstić information content (AvgIpc) is 2.37. The van der Waals surface area contributed by atoms with Crippen molar-refractivity contribution in [1.82, 2.24) is 0 Å². The first-order chi connectivity index (χ1) is 9.76. The predicted molar refractivity (Wildman–Crippen MR) is 71.8 cm³/mol. The van der Waals surface area contributed by atoms with E-state index in [-0.39, 0.29) is 12.0 Å². The molecule has 1 saturated carbocycles. The number of alkyl halides is 3. The SMILES string of the molecule is CC1CCC(c2cc(F)c(/C=C\C(F)(F)F)c(F)c2)CC1. The Hall–Kier alpha value is -1.39. The van der Waals surface area contributed by atoms with Gasteiger partial charge in [-0.25, -0.2) is 8.78 Å². The maximum absolute atomic E-state index is 13.9. The molecule has 0 saturated heterocycles. The summed E-state index contributed by atoms with van der Waals surface area (Å²) in [7, 11) is 0. The van der Waals surface area contributed by atoms with Crippen molar-refractivity contribution in [2.24, 2.45) is 5.92 Å². The Kier molecular flexibility index (Phi) is 4.69. The van der Waals surface area contributed by atoms with Gasteiger partial charge in [0.1, 0.15) is 11.6 Å². The predicted octanol–water partition coefficient (Wildman–Crippen LogP) is 5.83. The van der Waals surface area contributed by atoms with Crippen LogP contribution in [0.25, 0.3) is 6.08 Å². The molecule has 1 aliphatic carbocycles. The highest BCUT2D eigenvalue weighted by Crippen LogP contribution is 2.36. The third-order valence-electron chi connectivity index (χ3n) is 4.03. The van der Waals surface area contributed by atoms with E-state index < -0.39 is 23.4 Å². The number of hydrogen-bond acceptors (Lipinski definition) is 0. The van der Waals surface area contributed by atoms with Gasteiger partial charge in [-0.1, -0.05) is 19.8 Å². The zero-order chi connectivity index (χ0) is 15.6. The molecule has 0 radical (unpaired) electrons. The standard InChI is InChI=1S/C16H17F5/c1-10-2-4-11(5-3-10)12-8-14(17)13(15(18)9-12)6-7-16(19,20)21/h6-11H,2-5H2,1H3/b7-6-. The fourth-order valence-electron chi connectivity index (χ4n) is 2.77. The quantitative estimate of drug-likeness (QED) is 0.603. The van der Waals surface area contributed by atoms with Crippen molar-refractivity contribution in [2.75, 3.05) is 0 Å². The summed E-state index contributed by atoms with van der Waals surface area (Å²) in [6.45, 7) is 2.14. The normalized spacial score (nSPS) is 23.7. The molecular weight excluding hydrogens is 287 g/mol. The number of rotatable bonds is 2. The molecule has 1 aromatic carbocycles. The van der Waals surface area contributed by atoms with E-state index in [1.54, 1.807) is 0 Å². The molecule has 21 heavy (non-hydrogen) atoms. The highest BCUT2D eigenvalue weighted by molar-refractivity contribution is 5.52. The minimum absolute atomic E-state index is 0.0887. The smallest absolute Gasteiger partial charge is 0.206 e. The third kappa shape index (κ3) is 4.29. The Balaban J connectivity index is 2.23. The van der Waals surface area contributed by atoms with E-state index in [0.29, 0.717) is 17.6 Å². The van der Waals surface area contributed by atoms with E-state index in [4.69, 9.17) is 0 Å². The molecule has 0 bridgehead atoms. The van der Waals surface area contributed by atoms with E-state index in [2.05, 4.69) is 6.92 Å². The van der Waals surface area contributed by atoms with Gasteiger partial charge in [0.25, 0.3) is 0 Å². The lowest BCUT2D eigenvalue weighted by atomic mass is 9.79. The summed E-state index contributed by atoms with van der Waals surface area (Å²) in [5.41, 5.74) is -0.0960. The van der Waals surface area contributed by atoms with Crippen molar-refractivity contribution in [3.8, 4) is 0 Å². The van der Waals surface area contributed by atoms with Crippen molar-refractivity contribution in [1.29, 1.82) is 0 Å². The Labute approximate surface area is 120 Å². The van der Waals surface area contributed by atoms with Gasteiger partial charge in [0.15, 0.2) is 0 Å². The number of benzene rings is 1. The fraction of sp³-hybridized carbons (Fsp3) is 0.500. The van der Waals surface area contributed by atoms with Crippen molar-refractivity contribution in [2.45, 2.75) is 44.7 Å². The van der Waals surface area contributed by atoms with Gasteiger partial charge in [-0.05, 0) is 48.4 Å². The second kappa shape index (κ2) is 6.16. The summed E-state index contributed by atoms with van der Waals surface area (Å²) >= 11 is 0.